The van der Waals surface area contributed by atoms with Crippen molar-refractivity contribution < 1.29 is 22.7 Å². The normalized spacial score (nSPS) is 16.1. The van der Waals surface area contributed by atoms with Crippen LogP contribution >= 0.6 is 0 Å². The summed E-state index contributed by atoms with van der Waals surface area (Å²) in [4.78, 5) is 9.77. The van der Waals surface area contributed by atoms with Gasteiger partial charge in [0.05, 0.1) is 11.6 Å². The van der Waals surface area contributed by atoms with Crippen molar-refractivity contribution in [3.8, 4) is 5.75 Å². The lowest BCUT2D eigenvalue weighted by molar-refractivity contribution is -0.137. The molecule has 1 aliphatic heterocycles. The van der Waals surface area contributed by atoms with Crippen LogP contribution in [0, 0.1) is 5.82 Å². The number of alkyl halides is 3. The average molecular weight is 475 g/mol. The van der Waals surface area contributed by atoms with Gasteiger partial charge in [0.2, 0.25) is 5.82 Å². The van der Waals surface area contributed by atoms with Crippen LogP contribution in [0.5, 0.6) is 5.75 Å². The molecule has 180 valence electrons. The van der Waals surface area contributed by atoms with Crippen LogP contribution in [0.1, 0.15) is 41.1 Å². The predicted octanol–water partition coefficient (Wildman–Crippen LogP) is 4.79. The molecule has 0 saturated carbocycles. The maximum atomic E-state index is 15.3. The van der Waals surface area contributed by atoms with Gasteiger partial charge in [0.25, 0.3) is 0 Å². The average Bonchev–Trinajstić information content (AvgIpc) is 3.28. The first-order valence-corrected chi connectivity index (χ1v) is 11.0. The highest BCUT2D eigenvalue weighted by Gasteiger charge is 2.35. The number of halogens is 4. The van der Waals surface area contributed by atoms with Gasteiger partial charge < -0.3 is 21.1 Å². The number of nitrogens with one attached hydrogen (secondary N) is 1. The fourth-order valence-corrected chi connectivity index (χ4v) is 4.21. The Balaban J connectivity index is 1.53. The summed E-state index contributed by atoms with van der Waals surface area (Å²) in [6, 6.07) is 10.2. The van der Waals surface area contributed by atoms with Crippen LogP contribution in [-0.4, -0.2) is 28.2 Å². The van der Waals surface area contributed by atoms with E-state index < -0.39 is 29.3 Å². The van der Waals surface area contributed by atoms with E-state index >= 15 is 4.39 Å². The Bertz CT molecular complexity index is 1140. The quantitative estimate of drug-likeness (QED) is 0.426. The summed E-state index contributed by atoms with van der Waals surface area (Å²) in [5.41, 5.74) is 6.99. The van der Waals surface area contributed by atoms with Gasteiger partial charge in [-0.15, -0.1) is 0 Å². The fraction of sp³-hybridized carbons (Fsp3) is 0.333. The maximum absolute atomic E-state index is 15.3. The Kier molecular flexibility index (Phi) is 6.87. The van der Waals surface area contributed by atoms with Gasteiger partial charge in [-0.1, -0.05) is 30.3 Å². The lowest BCUT2D eigenvalue weighted by Crippen LogP contribution is -2.25. The standard InChI is InChI=1S/C24H25F4N5O/c25-21-22(30-13-16-5-3-15(4-6-16)9-10-29)31-14-32-23(21)33-11-1-2-19(33)18-8-7-17(12-20(18)34)24(26,27)28/h3-8,12,14,19,34H,1-2,9-11,13,29H2,(H,30,31,32). The van der Waals surface area contributed by atoms with Crippen LogP contribution in [0.4, 0.5) is 29.2 Å². The SMILES string of the molecule is NCCc1ccc(CNc2ncnc(N3CCCC3c3ccc(C(F)(F)F)cc3O)c2F)cc1. The highest BCUT2D eigenvalue weighted by atomic mass is 19.4. The second-order valence-corrected chi connectivity index (χ2v) is 8.19. The minimum absolute atomic E-state index is 0.0262. The second kappa shape index (κ2) is 9.84. The van der Waals surface area contributed by atoms with Crippen LogP contribution in [0.15, 0.2) is 48.8 Å². The number of hydrogen-bond acceptors (Lipinski definition) is 6. The Morgan fingerprint density at radius 2 is 1.82 bits per heavy atom. The first-order chi connectivity index (χ1) is 16.3. The zero-order chi connectivity index (χ0) is 24.3. The molecule has 4 N–H and O–H groups in total. The number of hydrogen-bond donors (Lipinski definition) is 3. The molecule has 2 heterocycles. The van der Waals surface area contributed by atoms with E-state index in [0.29, 0.717) is 44.1 Å². The zero-order valence-electron chi connectivity index (χ0n) is 18.3. The number of phenolic OH excluding ortho intramolecular Hbond substituents is 1. The highest BCUT2D eigenvalue weighted by Crippen LogP contribution is 2.42. The second-order valence-electron chi connectivity index (χ2n) is 8.19. The number of rotatable bonds is 7. The van der Waals surface area contributed by atoms with Gasteiger partial charge in [-0.05, 0) is 49.1 Å². The molecule has 3 aromatic rings. The zero-order valence-corrected chi connectivity index (χ0v) is 18.3. The molecule has 0 spiro atoms. The lowest BCUT2D eigenvalue weighted by Gasteiger charge is -2.27. The lowest BCUT2D eigenvalue weighted by atomic mass is 10.0. The third kappa shape index (κ3) is 5.06. The van der Waals surface area contributed by atoms with E-state index in [4.69, 9.17) is 5.73 Å². The minimum atomic E-state index is -4.56. The molecule has 4 rings (SSSR count). The third-order valence-corrected chi connectivity index (χ3v) is 5.93. The third-order valence-electron chi connectivity index (χ3n) is 5.93. The van der Waals surface area contributed by atoms with E-state index in [9.17, 15) is 18.3 Å². The van der Waals surface area contributed by atoms with Gasteiger partial charge in [0, 0.05) is 18.7 Å². The van der Waals surface area contributed by atoms with Crippen LogP contribution in [0.3, 0.4) is 0 Å². The summed E-state index contributed by atoms with van der Waals surface area (Å²) < 4.78 is 54.2. The molecule has 1 fully saturated rings. The van der Waals surface area contributed by atoms with E-state index in [-0.39, 0.29) is 11.6 Å². The Morgan fingerprint density at radius 1 is 1.09 bits per heavy atom. The number of nitrogens with two attached hydrogens (primary N) is 1. The topological polar surface area (TPSA) is 87.3 Å². The highest BCUT2D eigenvalue weighted by molar-refractivity contribution is 5.54. The molecule has 2 aromatic carbocycles. The monoisotopic (exact) mass is 475 g/mol. The van der Waals surface area contributed by atoms with Crippen LogP contribution in [0.25, 0.3) is 0 Å². The van der Waals surface area contributed by atoms with Crippen LogP contribution in [-0.2, 0) is 19.1 Å². The van der Waals surface area contributed by atoms with Gasteiger partial charge in [0.1, 0.15) is 12.1 Å². The molecule has 1 saturated heterocycles. The molecule has 34 heavy (non-hydrogen) atoms. The summed E-state index contributed by atoms with van der Waals surface area (Å²) >= 11 is 0. The van der Waals surface area contributed by atoms with E-state index in [1.54, 1.807) is 4.90 Å². The Labute approximate surface area is 194 Å². The van der Waals surface area contributed by atoms with Gasteiger partial charge >= 0.3 is 6.18 Å². The number of aromatic nitrogens is 2. The number of anilines is 2. The van der Waals surface area contributed by atoms with E-state index in [1.807, 2.05) is 24.3 Å². The summed E-state index contributed by atoms with van der Waals surface area (Å²) in [6.45, 7) is 1.36. The van der Waals surface area contributed by atoms with Crippen molar-refractivity contribution in [2.45, 2.75) is 38.0 Å². The molecule has 1 aliphatic rings. The van der Waals surface area contributed by atoms with E-state index in [1.165, 1.54) is 12.4 Å². The smallest absolute Gasteiger partial charge is 0.416 e. The van der Waals surface area contributed by atoms with Crippen molar-refractivity contribution >= 4 is 11.6 Å². The van der Waals surface area contributed by atoms with Crippen molar-refractivity contribution in [2.75, 3.05) is 23.3 Å². The molecule has 1 aromatic heterocycles. The molecular formula is C24H25F4N5O. The molecule has 6 nitrogen and oxygen atoms in total. The van der Waals surface area contributed by atoms with Crippen LogP contribution in [0.2, 0.25) is 0 Å². The molecule has 1 atom stereocenters. The van der Waals surface area contributed by atoms with Gasteiger partial charge in [-0.2, -0.15) is 17.6 Å². The minimum Gasteiger partial charge on any atom is -0.508 e. The number of aromatic hydroxyl groups is 1. The van der Waals surface area contributed by atoms with Gasteiger partial charge in [-0.3, -0.25) is 0 Å². The Hall–Kier alpha value is -3.40. The van der Waals surface area contributed by atoms with Crippen molar-refractivity contribution in [1.82, 2.24) is 9.97 Å². The molecule has 10 heteroatoms. The number of nitrogens with zero attached hydrogens (tertiary/aromatic N) is 3. The summed E-state index contributed by atoms with van der Waals surface area (Å²) in [6.07, 6.45) is -1.32. The van der Waals surface area contributed by atoms with Crippen molar-refractivity contribution in [3.63, 3.8) is 0 Å². The molecule has 0 radical (unpaired) electrons. The number of phenols is 1. The maximum Gasteiger partial charge on any atom is 0.416 e. The first kappa shape index (κ1) is 23.7. The van der Waals surface area contributed by atoms with Crippen molar-refractivity contribution in [1.29, 1.82) is 0 Å². The fourth-order valence-electron chi connectivity index (χ4n) is 4.21. The van der Waals surface area contributed by atoms with E-state index in [0.717, 1.165) is 23.6 Å². The number of benzene rings is 2. The van der Waals surface area contributed by atoms with Gasteiger partial charge in [-0.25, -0.2) is 9.97 Å². The summed E-state index contributed by atoms with van der Waals surface area (Å²) in [5, 5.41) is 13.3. The molecular weight excluding hydrogens is 450 g/mol. The predicted molar refractivity (Wildman–Crippen MR) is 121 cm³/mol. The Morgan fingerprint density at radius 3 is 2.50 bits per heavy atom. The summed E-state index contributed by atoms with van der Waals surface area (Å²) in [5.74, 6) is -1.06. The van der Waals surface area contributed by atoms with Crippen molar-refractivity contribution in [2.24, 2.45) is 5.73 Å². The molecule has 0 amide bonds. The van der Waals surface area contributed by atoms with Gasteiger partial charge in [0.15, 0.2) is 11.6 Å². The summed E-state index contributed by atoms with van der Waals surface area (Å²) in [7, 11) is 0. The molecule has 1 unspecified atom stereocenters. The molecule has 0 bridgehead atoms. The van der Waals surface area contributed by atoms with Crippen molar-refractivity contribution in [3.05, 3.63) is 76.9 Å². The van der Waals surface area contributed by atoms with Crippen LogP contribution < -0.4 is 16.0 Å². The largest absolute Gasteiger partial charge is 0.508 e. The van der Waals surface area contributed by atoms with E-state index in [2.05, 4.69) is 15.3 Å². The first-order valence-electron chi connectivity index (χ1n) is 11.0. The molecule has 0 aliphatic carbocycles.